The molecule has 0 fully saturated rings. The summed E-state index contributed by atoms with van der Waals surface area (Å²) in [5.41, 5.74) is 7.43. The van der Waals surface area contributed by atoms with Crippen molar-refractivity contribution in [2.24, 2.45) is 5.10 Å². The minimum Gasteiger partial charge on any atom is -0.318 e. The van der Waals surface area contributed by atoms with Gasteiger partial charge in [0, 0.05) is 26.2 Å². The second-order valence-corrected chi connectivity index (χ2v) is 7.48. The summed E-state index contributed by atoms with van der Waals surface area (Å²) < 4.78 is 16.2. The van der Waals surface area contributed by atoms with Gasteiger partial charge in [-0.05, 0) is 78.4 Å². The molecular formula is C21H19FIN3O. The van der Waals surface area contributed by atoms with Gasteiger partial charge in [-0.15, -0.1) is 0 Å². The number of hydrogen-bond donors (Lipinski definition) is 1. The molecule has 1 heterocycles. The van der Waals surface area contributed by atoms with Crippen LogP contribution in [0.2, 0.25) is 0 Å². The largest absolute Gasteiger partial charge is 0.318 e. The van der Waals surface area contributed by atoms with Crippen molar-refractivity contribution in [2.45, 2.75) is 20.3 Å². The third-order valence-corrected chi connectivity index (χ3v) is 4.88. The van der Waals surface area contributed by atoms with Gasteiger partial charge in [0.05, 0.1) is 12.6 Å². The van der Waals surface area contributed by atoms with Crippen LogP contribution < -0.4 is 5.43 Å². The van der Waals surface area contributed by atoms with Gasteiger partial charge in [-0.3, -0.25) is 4.79 Å². The highest BCUT2D eigenvalue weighted by Crippen LogP contribution is 2.21. The Kier molecular flexibility index (Phi) is 6.05. The van der Waals surface area contributed by atoms with Crippen molar-refractivity contribution in [1.82, 2.24) is 9.99 Å². The highest BCUT2D eigenvalue weighted by atomic mass is 127. The van der Waals surface area contributed by atoms with Gasteiger partial charge < -0.3 is 4.57 Å². The molecule has 0 atom stereocenters. The van der Waals surface area contributed by atoms with Crippen LogP contribution in [0.1, 0.15) is 22.5 Å². The molecule has 27 heavy (non-hydrogen) atoms. The van der Waals surface area contributed by atoms with E-state index in [1.807, 2.05) is 26.0 Å². The number of nitrogens with zero attached hydrogens (tertiary/aromatic N) is 2. The smallest absolute Gasteiger partial charge is 0.244 e. The normalized spacial score (nSPS) is 11.1. The highest BCUT2D eigenvalue weighted by Gasteiger charge is 2.10. The van der Waals surface area contributed by atoms with Crippen LogP contribution in [0.4, 0.5) is 4.39 Å². The van der Waals surface area contributed by atoms with Crippen molar-refractivity contribution < 1.29 is 9.18 Å². The number of nitrogens with one attached hydrogen (secondary N) is 1. The van der Waals surface area contributed by atoms with E-state index in [1.54, 1.807) is 18.3 Å². The summed E-state index contributed by atoms with van der Waals surface area (Å²) in [5, 5.41) is 4.07. The van der Waals surface area contributed by atoms with Gasteiger partial charge in [-0.25, -0.2) is 9.82 Å². The third-order valence-electron chi connectivity index (χ3n) is 4.21. The van der Waals surface area contributed by atoms with E-state index in [1.165, 1.54) is 15.7 Å². The molecule has 0 radical (unpaired) electrons. The van der Waals surface area contributed by atoms with Crippen LogP contribution in [-0.4, -0.2) is 16.7 Å². The molecule has 0 spiro atoms. The van der Waals surface area contributed by atoms with E-state index in [0.717, 1.165) is 28.2 Å². The standard InChI is InChI=1S/C21H19FIN3O/c1-14-10-17(15(2)26(14)20-5-3-4-19(23)12-20)13-24-25-21(27)11-16-6-8-18(22)9-7-16/h3-10,12-13H,11H2,1-2H3,(H,25,27)/b24-13+. The van der Waals surface area contributed by atoms with E-state index in [4.69, 9.17) is 0 Å². The summed E-state index contributed by atoms with van der Waals surface area (Å²) >= 11 is 2.29. The topological polar surface area (TPSA) is 46.4 Å². The summed E-state index contributed by atoms with van der Waals surface area (Å²) in [6.07, 6.45) is 1.80. The molecule has 2 aromatic carbocycles. The summed E-state index contributed by atoms with van der Waals surface area (Å²) in [7, 11) is 0. The van der Waals surface area contributed by atoms with Crippen LogP contribution in [0.5, 0.6) is 0 Å². The molecule has 1 N–H and O–H groups in total. The van der Waals surface area contributed by atoms with Crippen LogP contribution in [0.25, 0.3) is 5.69 Å². The lowest BCUT2D eigenvalue weighted by Gasteiger charge is -2.09. The molecule has 1 amide bonds. The zero-order valence-electron chi connectivity index (χ0n) is 15.0. The molecule has 0 saturated carbocycles. The second-order valence-electron chi connectivity index (χ2n) is 6.24. The Bertz CT molecular complexity index is 993. The first-order chi connectivity index (χ1) is 12.9. The molecule has 0 aliphatic heterocycles. The fourth-order valence-electron chi connectivity index (χ4n) is 2.93. The number of aryl methyl sites for hydroxylation is 1. The first-order valence-corrected chi connectivity index (χ1v) is 9.53. The summed E-state index contributed by atoms with van der Waals surface area (Å²) in [6, 6.07) is 16.2. The Balaban J connectivity index is 1.69. The van der Waals surface area contributed by atoms with Gasteiger partial charge in [0.1, 0.15) is 5.82 Å². The van der Waals surface area contributed by atoms with Gasteiger partial charge >= 0.3 is 0 Å². The van der Waals surface area contributed by atoms with E-state index >= 15 is 0 Å². The first-order valence-electron chi connectivity index (χ1n) is 8.45. The maximum absolute atomic E-state index is 12.9. The molecule has 138 valence electrons. The Morgan fingerprint density at radius 1 is 1.19 bits per heavy atom. The van der Waals surface area contributed by atoms with Gasteiger partial charge in [-0.1, -0.05) is 18.2 Å². The number of carbonyl (C=O) groups excluding carboxylic acids is 1. The van der Waals surface area contributed by atoms with Gasteiger partial charge in [-0.2, -0.15) is 5.10 Å². The Hall–Kier alpha value is -2.48. The molecule has 4 nitrogen and oxygen atoms in total. The Morgan fingerprint density at radius 2 is 1.93 bits per heavy atom. The Labute approximate surface area is 171 Å². The minimum atomic E-state index is -0.319. The van der Waals surface area contributed by atoms with E-state index in [0.29, 0.717) is 0 Å². The van der Waals surface area contributed by atoms with Crippen LogP contribution >= 0.6 is 22.6 Å². The van der Waals surface area contributed by atoms with Gasteiger partial charge in [0.15, 0.2) is 0 Å². The van der Waals surface area contributed by atoms with Crippen molar-refractivity contribution >= 4 is 34.7 Å². The summed E-state index contributed by atoms with van der Waals surface area (Å²) in [5.74, 6) is -0.565. The highest BCUT2D eigenvalue weighted by molar-refractivity contribution is 14.1. The molecule has 1 aromatic heterocycles. The van der Waals surface area contributed by atoms with Crippen LogP contribution in [0, 0.1) is 23.2 Å². The number of hydrogen-bond acceptors (Lipinski definition) is 2. The van der Waals surface area contributed by atoms with Crippen LogP contribution in [0.15, 0.2) is 59.7 Å². The summed E-state index contributed by atoms with van der Waals surface area (Å²) in [6.45, 7) is 4.06. The maximum Gasteiger partial charge on any atom is 0.244 e. The van der Waals surface area contributed by atoms with Crippen molar-refractivity contribution in [3.05, 3.63) is 86.5 Å². The summed E-state index contributed by atoms with van der Waals surface area (Å²) in [4.78, 5) is 12.0. The average Bonchev–Trinajstić information content (AvgIpc) is 2.91. The third kappa shape index (κ3) is 4.82. The molecule has 0 bridgehead atoms. The fourth-order valence-corrected chi connectivity index (χ4v) is 3.46. The van der Waals surface area contributed by atoms with Crippen LogP contribution in [0.3, 0.4) is 0 Å². The lowest BCUT2D eigenvalue weighted by Crippen LogP contribution is -2.19. The number of benzene rings is 2. The van der Waals surface area contributed by atoms with Crippen LogP contribution in [-0.2, 0) is 11.2 Å². The predicted octanol–water partition coefficient (Wildman–Crippen LogP) is 4.53. The number of carbonyl (C=O) groups is 1. The molecule has 0 unspecified atom stereocenters. The van der Waals surface area contributed by atoms with Crippen molar-refractivity contribution in [1.29, 1.82) is 0 Å². The number of amides is 1. The molecule has 0 saturated heterocycles. The monoisotopic (exact) mass is 475 g/mol. The fraction of sp³-hybridized carbons (Fsp3) is 0.143. The molecule has 0 aliphatic carbocycles. The lowest BCUT2D eigenvalue weighted by atomic mass is 10.1. The van der Waals surface area contributed by atoms with E-state index < -0.39 is 0 Å². The molecule has 0 aliphatic rings. The molecule has 3 rings (SSSR count). The number of halogens is 2. The lowest BCUT2D eigenvalue weighted by molar-refractivity contribution is -0.120. The maximum atomic E-state index is 12.9. The Morgan fingerprint density at radius 3 is 2.63 bits per heavy atom. The quantitative estimate of drug-likeness (QED) is 0.329. The van der Waals surface area contributed by atoms with Crippen molar-refractivity contribution in [3.8, 4) is 5.69 Å². The zero-order chi connectivity index (χ0) is 19.4. The average molecular weight is 475 g/mol. The number of rotatable bonds is 5. The molecular weight excluding hydrogens is 456 g/mol. The predicted molar refractivity (Wildman–Crippen MR) is 114 cm³/mol. The molecule has 3 aromatic rings. The van der Waals surface area contributed by atoms with E-state index in [-0.39, 0.29) is 18.1 Å². The minimum absolute atomic E-state index is 0.152. The van der Waals surface area contributed by atoms with Crippen molar-refractivity contribution in [2.75, 3.05) is 0 Å². The zero-order valence-corrected chi connectivity index (χ0v) is 17.2. The first kappa shape index (κ1) is 19.3. The van der Waals surface area contributed by atoms with Gasteiger partial charge in [0.2, 0.25) is 5.91 Å². The van der Waals surface area contributed by atoms with E-state index in [9.17, 15) is 9.18 Å². The SMILES string of the molecule is Cc1cc(/C=N/NC(=O)Cc2ccc(F)cc2)c(C)n1-c1cccc(I)c1. The second kappa shape index (κ2) is 8.47. The number of aromatic nitrogens is 1. The van der Waals surface area contributed by atoms with Gasteiger partial charge in [0.25, 0.3) is 0 Å². The van der Waals surface area contributed by atoms with Crippen molar-refractivity contribution in [3.63, 3.8) is 0 Å². The number of hydrazone groups is 1. The van der Waals surface area contributed by atoms with E-state index in [2.05, 4.69) is 55.9 Å². The molecule has 6 heteroatoms.